The van der Waals surface area contributed by atoms with Crippen LogP contribution in [0, 0.1) is 0 Å². The van der Waals surface area contributed by atoms with Gasteiger partial charge in [0.15, 0.2) is 5.96 Å². The SMILES string of the molecule is C=C(C)CNC(=NCC(=O)N(C)C)NCC1CN2CCN1CC2.I. The standard InChI is InChI=1S/C16H30N6O.HI/c1-13(2)9-17-16(19-11-15(23)20(3)4)18-10-14-12-21-5-7-22(14)8-6-21;/h14H,1,5-12H2,2-4H3,(H2,17,18,19);1H. The van der Waals surface area contributed by atoms with Gasteiger partial charge in [0.25, 0.3) is 0 Å². The Balaban J connectivity index is 0.00000288. The van der Waals surface area contributed by atoms with Crippen LogP contribution in [0.2, 0.25) is 0 Å². The lowest BCUT2D eigenvalue weighted by molar-refractivity contribution is -0.127. The highest BCUT2D eigenvalue weighted by Crippen LogP contribution is 2.14. The van der Waals surface area contributed by atoms with Gasteiger partial charge in [0.05, 0.1) is 0 Å². The van der Waals surface area contributed by atoms with E-state index in [0.29, 0.717) is 18.5 Å². The van der Waals surface area contributed by atoms with Gasteiger partial charge < -0.3 is 15.5 Å². The lowest BCUT2D eigenvalue weighted by Crippen LogP contribution is -2.63. The summed E-state index contributed by atoms with van der Waals surface area (Å²) in [5.74, 6) is 0.675. The Morgan fingerprint density at radius 1 is 1.25 bits per heavy atom. The van der Waals surface area contributed by atoms with Gasteiger partial charge in [0, 0.05) is 66.0 Å². The van der Waals surface area contributed by atoms with Crippen molar-refractivity contribution in [2.24, 2.45) is 4.99 Å². The Labute approximate surface area is 162 Å². The van der Waals surface area contributed by atoms with Crippen LogP contribution in [0.5, 0.6) is 0 Å². The number of carbonyl (C=O) groups is 1. The predicted octanol–water partition coefficient (Wildman–Crippen LogP) is -0.196. The minimum Gasteiger partial charge on any atom is -0.355 e. The van der Waals surface area contributed by atoms with Gasteiger partial charge in [0.2, 0.25) is 5.91 Å². The first-order chi connectivity index (χ1) is 11.0. The van der Waals surface area contributed by atoms with E-state index in [2.05, 4.69) is 32.0 Å². The number of carbonyl (C=O) groups excluding carboxylic acids is 1. The number of nitrogens with one attached hydrogen (secondary N) is 2. The summed E-state index contributed by atoms with van der Waals surface area (Å²) in [6.07, 6.45) is 0. The molecule has 0 radical (unpaired) electrons. The summed E-state index contributed by atoms with van der Waals surface area (Å²) in [4.78, 5) is 22.7. The second kappa shape index (κ2) is 10.2. The van der Waals surface area contributed by atoms with Crippen molar-refractivity contribution >= 4 is 35.8 Å². The third kappa shape index (κ3) is 6.56. The quantitative estimate of drug-likeness (QED) is 0.254. The second-order valence-corrected chi connectivity index (χ2v) is 6.63. The Morgan fingerprint density at radius 3 is 2.42 bits per heavy atom. The number of aliphatic imine (C=N–C) groups is 1. The molecule has 3 fully saturated rings. The fourth-order valence-corrected chi connectivity index (χ4v) is 2.83. The highest BCUT2D eigenvalue weighted by Gasteiger charge is 2.31. The summed E-state index contributed by atoms with van der Waals surface area (Å²) in [6.45, 7) is 13.3. The highest BCUT2D eigenvalue weighted by atomic mass is 127. The van der Waals surface area contributed by atoms with Crippen molar-refractivity contribution in [2.45, 2.75) is 13.0 Å². The molecule has 2 N–H and O–H groups in total. The van der Waals surface area contributed by atoms with E-state index < -0.39 is 0 Å². The first-order valence-corrected chi connectivity index (χ1v) is 8.29. The monoisotopic (exact) mass is 450 g/mol. The molecule has 3 heterocycles. The summed E-state index contributed by atoms with van der Waals surface area (Å²) >= 11 is 0. The summed E-state index contributed by atoms with van der Waals surface area (Å²) in [7, 11) is 3.49. The average Bonchev–Trinajstić information content (AvgIpc) is 2.54. The number of nitrogens with zero attached hydrogens (tertiary/aromatic N) is 4. The Morgan fingerprint density at radius 2 is 1.92 bits per heavy atom. The van der Waals surface area contributed by atoms with Gasteiger partial charge in [-0.3, -0.25) is 14.6 Å². The van der Waals surface area contributed by atoms with E-state index in [-0.39, 0.29) is 36.4 Å². The molecule has 0 aromatic heterocycles. The normalized spacial score (nSPS) is 25.6. The average molecular weight is 450 g/mol. The largest absolute Gasteiger partial charge is 0.355 e. The lowest BCUT2D eigenvalue weighted by atomic mass is 10.1. The van der Waals surface area contributed by atoms with Crippen LogP contribution in [-0.2, 0) is 4.79 Å². The van der Waals surface area contributed by atoms with E-state index in [0.717, 1.165) is 31.8 Å². The number of hydrogen-bond donors (Lipinski definition) is 2. The van der Waals surface area contributed by atoms with E-state index in [1.54, 1.807) is 19.0 Å². The molecule has 3 rings (SSSR count). The maximum Gasteiger partial charge on any atom is 0.243 e. The fraction of sp³-hybridized carbons (Fsp3) is 0.750. The molecule has 7 nitrogen and oxygen atoms in total. The first kappa shape index (κ1) is 21.2. The third-order valence-corrected chi connectivity index (χ3v) is 4.33. The first-order valence-electron chi connectivity index (χ1n) is 8.29. The van der Waals surface area contributed by atoms with E-state index in [1.165, 1.54) is 13.1 Å². The Hall–Kier alpha value is -0.870. The predicted molar refractivity (Wildman–Crippen MR) is 109 cm³/mol. The summed E-state index contributed by atoms with van der Waals surface area (Å²) in [5.41, 5.74) is 1.03. The summed E-state index contributed by atoms with van der Waals surface area (Å²) in [5, 5.41) is 6.62. The molecule has 24 heavy (non-hydrogen) atoms. The van der Waals surface area contributed by atoms with Crippen molar-refractivity contribution < 1.29 is 4.79 Å². The number of piperazine rings is 3. The maximum atomic E-state index is 11.7. The zero-order valence-electron chi connectivity index (χ0n) is 15.0. The van der Waals surface area contributed by atoms with Crippen molar-refractivity contribution in [3.05, 3.63) is 12.2 Å². The Bertz CT molecular complexity index is 459. The van der Waals surface area contributed by atoms with Crippen molar-refractivity contribution in [2.75, 3.05) is 66.5 Å². The molecule has 0 aromatic rings. The number of hydrogen-bond acceptors (Lipinski definition) is 4. The molecular weight excluding hydrogens is 419 g/mol. The van der Waals surface area contributed by atoms with Crippen LogP contribution >= 0.6 is 24.0 Å². The van der Waals surface area contributed by atoms with Gasteiger partial charge in [-0.15, -0.1) is 24.0 Å². The van der Waals surface area contributed by atoms with E-state index in [4.69, 9.17) is 0 Å². The molecule has 0 spiro atoms. The molecule has 0 aromatic carbocycles. The van der Waals surface area contributed by atoms with Crippen LogP contribution in [0.25, 0.3) is 0 Å². The van der Waals surface area contributed by atoms with Crippen LogP contribution < -0.4 is 10.6 Å². The van der Waals surface area contributed by atoms with E-state index >= 15 is 0 Å². The minimum atomic E-state index is -0.00647. The van der Waals surface area contributed by atoms with Crippen molar-refractivity contribution in [3.63, 3.8) is 0 Å². The van der Waals surface area contributed by atoms with Gasteiger partial charge in [-0.2, -0.15) is 0 Å². The summed E-state index contributed by atoms with van der Waals surface area (Å²) in [6, 6.07) is 0.513. The second-order valence-electron chi connectivity index (χ2n) is 6.63. The molecule has 3 saturated heterocycles. The molecule has 3 aliphatic rings. The molecule has 138 valence electrons. The molecule has 2 bridgehead atoms. The fourth-order valence-electron chi connectivity index (χ4n) is 2.83. The topological polar surface area (TPSA) is 63.2 Å². The van der Waals surface area contributed by atoms with Gasteiger partial charge in [-0.05, 0) is 6.92 Å². The zero-order valence-corrected chi connectivity index (χ0v) is 17.4. The van der Waals surface area contributed by atoms with Crippen LogP contribution in [0.3, 0.4) is 0 Å². The molecule has 1 amide bonds. The number of amides is 1. The van der Waals surface area contributed by atoms with Gasteiger partial charge >= 0.3 is 0 Å². The third-order valence-electron chi connectivity index (χ3n) is 4.33. The number of fused-ring (bicyclic) bond motifs is 3. The molecule has 0 saturated carbocycles. The van der Waals surface area contributed by atoms with Gasteiger partial charge in [0.1, 0.15) is 6.54 Å². The molecule has 0 aliphatic carbocycles. The van der Waals surface area contributed by atoms with Crippen LogP contribution in [-0.4, -0.2) is 99.1 Å². The molecule has 1 unspecified atom stereocenters. The smallest absolute Gasteiger partial charge is 0.243 e. The van der Waals surface area contributed by atoms with Gasteiger partial charge in [-0.1, -0.05) is 12.2 Å². The van der Waals surface area contributed by atoms with Crippen molar-refractivity contribution in [1.82, 2.24) is 25.3 Å². The van der Waals surface area contributed by atoms with Crippen molar-refractivity contribution in [3.8, 4) is 0 Å². The zero-order chi connectivity index (χ0) is 16.8. The molecule has 1 atom stereocenters. The van der Waals surface area contributed by atoms with Crippen LogP contribution in [0.15, 0.2) is 17.1 Å². The maximum absolute atomic E-state index is 11.7. The van der Waals surface area contributed by atoms with Gasteiger partial charge in [-0.25, -0.2) is 4.99 Å². The number of rotatable bonds is 6. The van der Waals surface area contributed by atoms with E-state index in [9.17, 15) is 4.79 Å². The van der Waals surface area contributed by atoms with Crippen LogP contribution in [0.4, 0.5) is 0 Å². The van der Waals surface area contributed by atoms with E-state index in [1.807, 2.05) is 6.92 Å². The lowest BCUT2D eigenvalue weighted by Gasteiger charge is -2.47. The molecule has 3 aliphatic heterocycles. The highest BCUT2D eigenvalue weighted by molar-refractivity contribution is 14.0. The van der Waals surface area contributed by atoms with Crippen LogP contribution in [0.1, 0.15) is 6.92 Å². The molecule has 8 heteroatoms. The Kier molecular flexibility index (Phi) is 8.99. The number of guanidine groups is 1. The number of halogens is 1. The minimum absolute atomic E-state index is 0. The molecular formula is C16H31IN6O. The summed E-state index contributed by atoms with van der Waals surface area (Å²) < 4.78 is 0. The number of likely N-dealkylation sites (N-methyl/N-ethyl adjacent to an activating group) is 1. The van der Waals surface area contributed by atoms with Crippen molar-refractivity contribution in [1.29, 1.82) is 0 Å².